The van der Waals surface area contributed by atoms with Gasteiger partial charge in [0.25, 0.3) is 0 Å². The molecule has 0 fully saturated rings. The number of rotatable bonds is 4. The van der Waals surface area contributed by atoms with Crippen molar-refractivity contribution in [1.29, 1.82) is 0 Å². The van der Waals surface area contributed by atoms with Crippen molar-refractivity contribution in [2.75, 3.05) is 0 Å². The second kappa shape index (κ2) is 8.49. The van der Waals surface area contributed by atoms with Gasteiger partial charge in [-0.2, -0.15) is 0 Å². The van der Waals surface area contributed by atoms with E-state index in [0.29, 0.717) is 0 Å². The number of aromatic nitrogens is 2. The normalized spacial score (nSPS) is 11.1. The number of fused-ring (bicyclic) bond motifs is 1. The first kappa shape index (κ1) is 20.2. The summed E-state index contributed by atoms with van der Waals surface area (Å²) in [7, 11) is 0. The molecule has 0 atom stereocenters. The van der Waals surface area contributed by atoms with Gasteiger partial charge in [-0.1, -0.05) is 96.6 Å². The van der Waals surface area contributed by atoms with E-state index in [0.717, 1.165) is 28.1 Å². The number of hydrogen-bond donors (Lipinski definition) is 0. The Kier molecular flexibility index (Phi) is 5.04. The predicted octanol–water partition coefficient (Wildman–Crippen LogP) is 8.33. The minimum atomic E-state index is 0.948. The van der Waals surface area contributed by atoms with Crippen molar-refractivity contribution in [3.05, 3.63) is 133 Å². The Labute approximate surface area is 199 Å². The van der Waals surface area contributed by atoms with Crippen LogP contribution in [0.3, 0.4) is 0 Å². The van der Waals surface area contributed by atoms with Crippen LogP contribution >= 0.6 is 0 Å². The third kappa shape index (κ3) is 3.70. The number of nitrogens with zero attached hydrogens (tertiary/aromatic N) is 2. The molecule has 2 nitrogen and oxygen atoms in total. The lowest BCUT2D eigenvalue weighted by Gasteiger charge is -2.11. The number of aryl methyl sites for hydroxylation is 1. The van der Waals surface area contributed by atoms with Crippen LogP contribution in [0.25, 0.3) is 50.4 Å². The van der Waals surface area contributed by atoms with E-state index in [9.17, 15) is 0 Å². The maximum Gasteiger partial charge on any atom is 0.145 e. The van der Waals surface area contributed by atoms with E-state index in [2.05, 4.69) is 127 Å². The van der Waals surface area contributed by atoms with Gasteiger partial charge in [0, 0.05) is 11.3 Å². The molecule has 5 aromatic carbocycles. The third-order valence-electron chi connectivity index (χ3n) is 6.28. The second-order valence-corrected chi connectivity index (χ2v) is 8.62. The fourth-order valence-corrected chi connectivity index (χ4v) is 4.52. The van der Waals surface area contributed by atoms with Gasteiger partial charge in [-0.05, 0) is 65.6 Å². The highest BCUT2D eigenvalue weighted by Gasteiger charge is 2.14. The first-order chi connectivity index (χ1) is 16.8. The summed E-state index contributed by atoms with van der Waals surface area (Å²) in [5, 5.41) is 0. The molecular formula is C32H24N2. The molecule has 6 rings (SSSR count). The molecule has 0 radical (unpaired) electrons. The molecule has 1 heterocycles. The molecule has 2 heteroatoms. The maximum absolute atomic E-state index is 5.03. The van der Waals surface area contributed by atoms with E-state index < -0.39 is 0 Å². The standard InChI is InChI=1S/C32H24N2/c1-23-17-19-24(20-18-23)25-9-7-10-26(21-25)27-11-8-12-28(22-27)32-33-30-15-5-6-16-31(30)34(32)29-13-3-2-4-14-29/h2-22H,1H3. The van der Waals surface area contributed by atoms with E-state index in [1.165, 1.54) is 27.8 Å². The predicted molar refractivity (Wildman–Crippen MR) is 142 cm³/mol. The zero-order chi connectivity index (χ0) is 22.9. The van der Waals surface area contributed by atoms with E-state index in [1.54, 1.807) is 0 Å². The first-order valence-electron chi connectivity index (χ1n) is 11.6. The number of imidazole rings is 1. The molecule has 0 bridgehead atoms. The van der Waals surface area contributed by atoms with E-state index >= 15 is 0 Å². The summed E-state index contributed by atoms with van der Waals surface area (Å²) in [6, 6.07) is 44.9. The smallest absolute Gasteiger partial charge is 0.145 e. The Bertz CT molecular complexity index is 1590. The fraction of sp³-hybridized carbons (Fsp3) is 0.0312. The Balaban J connectivity index is 1.47. The van der Waals surface area contributed by atoms with Gasteiger partial charge in [-0.15, -0.1) is 0 Å². The highest BCUT2D eigenvalue weighted by molar-refractivity contribution is 5.84. The van der Waals surface area contributed by atoms with Crippen molar-refractivity contribution in [2.45, 2.75) is 6.92 Å². The van der Waals surface area contributed by atoms with Crippen LogP contribution in [0.4, 0.5) is 0 Å². The van der Waals surface area contributed by atoms with E-state index in [-0.39, 0.29) is 0 Å². The highest BCUT2D eigenvalue weighted by atomic mass is 15.1. The van der Waals surface area contributed by atoms with Gasteiger partial charge in [-0.3, -0.25) is 4.57 Å². The average molecular weight is 437 g/mol. The number of benzene rings is 5. The second-order valence-electron chi connectivity index (χ2n) is 8.62. The van der Waals surface area contributed by atoms with Gasteiger partial charge < -0.3 is 0 Å². The Morgan fingerprint density at radius 2 is 1.09 bits per heavy atom. The molecular weight excluding hydrogens is 412 g/mol. The molecule has 0 spiro atoms. The molecule has 0 aliphatic heterocycles. The molecule has 1 aromatic heterocycles. The van der Waals surface area contributed by atoms with Gasteiger partial charge in [0.1, 0.15) is 5.82 Å². The van der Waals surface area contributed by atoms with Crippen LogP contribution in [-0.4, -0.2) is 9.55 Å². The zero-order valence-corrected chi connectivity index (χ0v) is 19.0. The van der Waals surface area contributed by atoms with E-state index in [1.807, 2.05) is 12.1 Å². The van der Waals surface area contributed by atoms with Crippen LogP contribution in [0.2, 0.25) is 0 Å². The Morgan fingerprint density at radius 3 is 1.82 bits per heavy atom. The van der Waals surface area contributed by atoms with E-state index in [4.69, 9.17) is 4.98 Å². The molecule has 0 N–H and O–H groups in total. The summed E-state index contributed by atoms with van der Waals surface area (Å²) >= 11 is 0. The van der Waals surface area contributed by atoms with Gasteiger partial charge in [0.2, 0.25) is 0 Å². The van der Waals surface area contributed by atoms with Crippen molar-refractivity contribution in [3.8, 4) is 39.3 Å². The molecule has 162 valence electrons. The van der Waals surface area contributed by atoms with Crippen LogP contribution in [0.5, 0.6) is 0 Å². The summed E-state index contributed by atoms with van der Waals surface area (Å²) in [5.41, 5.74) is 10.4. The van der Waals surface area contributed by atoms with Crippen molar-refractivity contribution in [3.63, 3.8) is 0 Å². The summed E-state index contributed by atoms with van der Waals surface area (Å²) in [6.07, 6.45) is 0. The van der Waals surface area contributed by atoms with Gasteiger partial charge >= 0.3 is 0 Å². The minimum Gasteiger partial charge on any atom is -0.292 e. The third-order valence-corrected chi connectivity index (χ3v) is 6.28. The summed E-state index contributed by atoms with van der Waals surface area (Å²) in [5.74, 6) is 0.948. The van der Waals surface area contributed by atoms with Crippen molar-refractivity contribution >= 4 is 11.0 Å². The minimum absolute atomic E-state index is 0.948. The monoisotopic (exact) mass is 436 g/mol. The van der Waals surface area contributed by atoms with Crippen LogP contribution in [0, 0.1) is 6.92 Å². The molecule has 0 saturated carbocycles. The maximum atomic E-state index is 5.03. The van der Waals surface area contributed by atoms with Crippen LogP contribution in [-0.2, 0) is 0 Å². The van der Waals surface area contributed by atoms with Crippen LogP contribution in [0.1, 0.15) is 5.56 Å². The SMILES string of the molecule is Cc1ccc(-c2cccc(-c3cccc(-c4nc5ccccc5n4-c4ccccc4)c3)c2)cc1. The molecule has 0 aliphatic carbocycles. The van der Waals surface area contributed by atoms with Gasteiger partial charge in [0.05, 0.1) is 11.0 Å². The molecule has 6 aromatic rings. The van der Waals surface area contributed by atoms with Gasteiger partial charge in [-0.25, -0.2) is 4.98 Å². The summed E-state index contributed by atoms with van der Waals surface area (Å²) in [4.78, 5) is 5.03. The number of para-hydroxylation sites is 3. The topological polar surface area (TPSA) is 17.8 Å². The lowest BCUT2D eigenvalue weighted by atomic mass is 9.97. The first-order valence-corrected chi connectivity index (χ1v) is 11.6. The van der Waals surface area contributed by atoms with Gasteiger partial charge in [0.15, 0.2) is 0 Å². The zero-order valence-electron chi connectivity index (χ0n) is 19.0. The van der Waals surface area contributed by atoms with Crippen LogP contribution in [0.15, 0.2) is 127 Å². The lowest BCUT2D eigenvalue weighted by molar-refractivity contribution is 1.10. The average Bonchev–Trinajstić information content (AvgIpc) is 3.30. The Hall–Kier alpha value is -4.43. The molecule has 34 heavy (non-hydrogen) atoms. The van der Waals surface area contributed by atoms with Crippen molar-refractivity contribution in [2.24, 2.45) is 0 Å². The van der Waals surface area contributed by atoms with Crippen molar-refractivity contribution in [1.82, 2.24) is 9.55 Å². The fourth-order valence-electron chi connectivity index (χ4n) is 4.52. The molecule has 0 amide bonds. The summed E-state index contributed by atoms with van der Waals surface area (Å²) < 4.78 is 2.25. The summed E-state index contributed by atoms with van der Waals surface area (Å²) in [6.45, 7) is 2.12. The number of hydrogen-bond acceptors (Lipinski definition) is 1. The highest BCUT2D eigenvalue weighted by Crippen LogP contribution is 2.32. The molecule has 0 unspecified atom stereocenters. The van der Waals surface area contributed by atoms with Crippen molar-refractivity contribution < 1.29 is 0 Å². The largest absolute Gasteiger partial charge is 0.292 e. The lowest BCUT2D eigenvalue weighted by Crippen LogP contribution is -1.97. The Morgan fingerprint density at radius 1 is 0.500 bits per heavy atom. The molecule has 0 saturated heterocycles. The quantitative estimate of drug-likeness (QED) is 0.271. The van der Waals surface area contributed by atoms with Crippen LogP contribution < -0.4 is 0 Å². The molecule has 0 aliphatic rings.